The molecule has 1 amide bonds. The van der Waals surface area contributed by atoms with Gasteiger partial charge in [-0.25, -0.2) is 0 Å². The third-order valence-electron chi connectivity index (χ3n) is 4.26. The van der Waals surface area contributed by atoms with Crippen LogP contribution in [0.3, 0.4) is 0 Å². The van der Waals surface area contributed by atoms with Gasteiger partial charge in [0.1, 0.15) is 5.92 Å². The van der Waals surface area contributed by atoms with Crippen LogP contribution >= 0.6 is 0 Å². The van der Waals surface area contributed by atoms with E-state index in [9.17, 15) is 14.7 Å². The lowest BCUT2D eigenvalue weighted by atomic mass is 9.82. The van der Waals surface area contributed by atoms with Crippen LogP contribution in [0.4, 0.5) is 5.69 Å². The molecule has 1 saturated heterocycles. The lowest BCUT2D eigenvalue weighted by molar-refractivity contribution is -0.145. The summed E-state index contributed by atoms with van der Waals surface area (Å²) in [4.78, 5) is 23.8. The van der Waals surface area contributed by atoms with Gasteiger partial charge in [0.15, 0.2) is 0 Å². The van der Waals surface area contributed by atoms with E-state index in [1.54, 1.807) is 12.2 Å². The van der Waals surface area contributed by atoms with E-state index in [0.29, 0.717) is 5.69 Å². The third kappa shape index (κ3) is 2.34. The first kappa shape index (κ1) is 13.8. The fourth-order valence-corrected chi connectivity index (χ4v) is 2.96. The van der Waals surface area contributed by atoms with Gasteiger partial charge in [0.2, 0.25) is 5.91 Å². The average molecular weight is 287 g/mol. The number of aryl methyl sites for hydroxylation is 2. The number of benzene rings is 1. The SMILES string of the molecule is Cc1ccc(NC(=O)[C@@H]2[C@H](C(=O)O)[C@H]3C=C[C@H]2O3)cc1C. The second-order valence-corrected chi connectivity index (χ2v) is 5.63. The second kappa shape index (κ2) is 5.00. The van der Waals surface area contributed by atoms with E-state index in [1.165, 1.54) is 0 Å². The highest BCUT2D eigenvalue weighted by atomic mass is 16.5. The molecule has 5 heteroatoms. The number of nitrogens with one attached hydrogen (secondary N) is 1. The molecule has 2 bridgehead atoms. The van der Waals surface area contributed by atoms with E-state index in [2.05, 4.69) is 5.32 Å². The zero-order valence-corrected chi connectivity index (χ0v) is 11.9. The van der Waals surface area contributed by atoms with Gasteiger partial charge in [-0.2, -0.15) is 0 Å². The van der Waals surface area contributed by atoms with Gasteiger partial charge in [-0.3, -0.25) is 9.59 Å². The molecule has 2 aliphatic heterocycles. The number of ether oxygens (including phenoxy) is 1. The molecule has 0 aliphatic carbocycles. The zero-order valence-electron chi connectivity index (χ0n) is 11.9. The minimum Gasteiger partial charge on any atom is -0.481 e. The summed E-state index contributed by atoms with van der Waals surface area (Å²) in [7, 11) is 0. The largest absolute Gasteiger partial charge is 0.481 e. The van der Waals surface area contributed by atoms with Crippen molar-refractivity contribution in [2.45, 2.75) is 26.1 Å². The third-order valence-corrected chi connectivity index (χ3v) is 4.26. The van der Waals surface area contributed by atoms with Crippen molar-refractivity contribution < 1.29 is 19.4 Å². The summed E-state index contributed by atoms with van der Waals surface area (Å²) >= 11 is 0. The van der Waals surface area contributed by atoms with Crippen molar-refractivity contribution >= 4 is 17.6 Å². The van der Waals surface area contributed by atoms with Gasteiger partial charge in [0.25, 0.3) is 0 Å². The van der Waals surface area contributed by atoms with E-state index < -0.39 is 30.0 Å². The predicted octanol–water partition coefficient (Wildman–Crippen LogP) is 1.90. The minimum atomic E-state index is -0.993. The Labute approximate surface area is 122 Å². The molecule has 3 rings (SSSR count). The van der Waals surface area contributed by atoms with Crippen LogP contribution in [0.1, 0.15) is 11.1 Å². The number of carbonyl (C=O) groups excluding carboxylic acids is 1. The molecule has 2 aliphatic rings. The monoisotopic (exact) mass is 287 g/mol. The Morgan fingerprint density at radius 3 is 2.38 bits per heavy atom. The van der Waals surface area contributed by atoms with E-state index >= 15 is 0 Å². The van der Waals surface area contributed by atoms with Crippen LogP contribution in [0.2, 0.25) is 0 Å². The Morgan fingerprint density at radius 1 is 1.10 bits per heavy atom. The van der Waals surface area contributed by atoms with Crippen molar-refractivity contribution in [1.29, 1.82) is 0 Å². The molecule has 0 unspecified atom stereocenters. The maximum Gasteiger partial charge on any atom is 0.310 e. The highest BCUT2D eigenvalue weighted by Gasteiger charge is 2.53. The molecule has 1 aromatic rings. The number of fused-ring (bicyclic) bond motifs is 2. The van der Waals surface area contributed by atoms with Crippen molar-refractivity contribution in [3.05, 3.63) is 41.5 Å². The van der Waals surface area contributed by atoms with Gasteiger partial charge < -0.3 is 15.2 Å². The Kier molecular flexibility index (Phi) is 3.29. The highest BCUT2D eigenvalue weighted by Crippen LogP contribution is 2.39. The Morgan fingerprint density at radius 2 is 1.76 bits per heavy atom. The molecular weight excluding hydrogens is 270 g/mol. The standard InChI is InChI=1S/C16H17NO4/c1-8-3-4-10(7-9(8)2)17-15(18)13-11-5-6-12(21-11)14(13)16(19)20/h3-7,11-14H,1-2H3,(H,17,18)(H,19,20)/t11-,12-,13+,14-/m1/s1. The fraction of sp³-hybridized carbons (Fsp3) is 0.375. The van der Waals surface area contributed by atoms with Crippen molar-refractivity contribution in [3.8, 4) is 0 Å². The second-order valence-electron chi connectivity index (χ2n) is 5.63. The average Bonchev–Trinajstić information content (AvgIpc) is 3.03. The van der Waals surface area contributed by atoms with Crippen molar-refractivity contribution in [3.63, 3.8) is 0 Å². The van der Waals surface area contributed by atoms with Gasteiger partial charge in [-0.15, -0.1) is 0 Å². The number of carbonyl (C=O) groups is 2. The summed E-state index contributed by atoms with van der Waals surface area (Å²) < 4.78 is 5.51. The molecule has 0 radical (unpaired) electrons. The number of carboxylic acid groups (broad SMARTS) is 1. The van der Waals surface area contributed by atoms with Crippen LogP contribution in [0.25, 0.3) is 0 Å². The summed E-state index contributed by atoms with van der Waals surface area (Å²) in [6.45, 7) is 3.96. The number of aliphatic carboxylic acids is 1. The molecule has 0 saturated carbocycles. The van der Waals surface area contributed by atoms with Crippen LogP contribution in [-0.2, 0) is 14.3 Å². The summed E-state index contributed by atoms with van der Waals surface area (Å²) in [6.07, 6.45) is 2.56. The molecule has 0 spiro atoms. The summed E-state index contributed by atoms with van der Waals surface area (Å²) in [5, 5.41) is 12.1. The van der Waals surface area contributed by atoms with E-state index in [-0.39, 0.29) is 5.91 Å². The zero-order chi connectivity index (χ0) is 15.1. The van der Waals surface area contributed by atoms with Gasteiger partial charge >= 0.3 is 5.97 Å². The Bertz CT molecular complexity index is 637. The summed E-state index contributed by atoms with van der Waals surface area (Å²) in [6, 6.07) is 5.63. The van der Waals surface area contributed by atoms with Crippen LogP contribution in [0.15, 0.2) is 30.4 Å². The van der Waals surface area contributed by atoms with Gasteiger partial charge in [0, 0.05) is 5.69 Å². The van der Waals surface area contributed by atoms with Gasteiger partial charge in [0.05, 0.1) is 18.1 Å². The van der Waals surface area contributed by atoms with Crippen LogP contribution in [0.5, 0.6) is 0 Å². The van der Waals surface area contributed by atoms with E-state index in [4.69, 9.17) is 4.74 Å². The molecular formula is C16H17NO4. The van der Waals surface area contributed by atoms with Gasteiger partial charge in [-0.1, -0.05) is 18.2 Å². The highest BCUT2D eigenvalue weighted by molar-refractivity contribution is 5.96. The fourth-order valence-electron chi connectivity index (χ4n) is 2.96. The first-order chi connectivity index (χ1) is 9.97. The van der Waals surface area contributed by atoms with Crippen LogP contribution in [-0.4, -0.2) is 29.2 Å². The molecule has 0 aromatic heterocycles. The number of carboxylic acids is 1. The minimum absolute atomic E-state index is 0.303. The summed E-state index contributed by atoms with van der Waals surface area (Å²) in [5.74, 6) is -2.79. The molecule has 4 atom stereocenters. The lowest BCUT2D eigenvalue weighted by Crippen LogP contribution is -2.39. The summed E-state index contributed by atoms with van der Waals surface area (Å²) in [5.41, 5.74) is 2.90. The van der Waals surface area contributed by atoms with Crippen LogP contribution in [0, 0.1) is 25.7 Å². The quantitative estimate of drug-likeness (QED) is 0.833. The molecule has 2 heterocycles. The number of anilines is 1. The predicted molar refractivity (Wildman–Crippen MR) is 77.0 cm³/mol. The molecule has 1 aromatic carbocycles. The number of hydrogen-bond acceptors (Lipinski definition) is 3. The Balaban J connectivity index is 1.80. The Hall–Kier alpha value is -2.14. The molecule has 21 heavy (non-hydrogen) atoms. The van der Waals surface area contributed by atoms with E-state index in [0.717, 1.165) is 11.1 Å². The number of hydrogen-bond donors (Lipinski definition) is 2. The maximum absolute atomic E-state index is 12.4. The normalized spacial score (nSPS) is 29.6. The van der Waals surface area contributed by atoms with Gasteiger partial charge in [-0.05, 0) is 37.1 Å². The molecule has 5 nitrogen and oxygen atoms in total. The lowest BCUT2D eigenvalue weighted by Gasteiger charge is -2.21. The number of rotatable bonds is 3. The molecule has 110 valence electrons. The molecule has 1 fully saturated rings. The maximum atomic E-state index is 12.4. The van der Waals surface area contributed by atoms with E-state index in [1.807, 2.05) is 32.0 Å². The first-order valence-electron chi connectivity index (χ1n) is 6.92. The number of amides is 1. The topological polar surface area (TPSA) is 75.6 Å². The first-order valence-corrected chi connectivity index (χ1v) is 6.92. The van der Waals surface area contributed by atoms with Crippen molar-refractivity contribution in [2.75, 3.05) is 5.32 Å². The smallest absolute Gasteiger partial charge is 0.310 e. The van der Waals surface area contributed by atoms with Crippen LogP contribution < -0.4 is 5.32 Å². The molecule has 2 N–H and O–H groups in total. The van der Waals surface area contributed by atoms with Crippen molar-refractivity contribution in [2.24, 2.45) is 11.8 Å². The van der Waals surface area contributed by atoms with Crippen molar-refractivity contribution in [1.82, 2.24) is 0 Å².